The number of fused-ring (bicyclic) bond motifs is 3. The van der Waals surface area contributed by atoms with E-state index in [1.54, 1.807) is 42.7 Å². The number of halogens is 3. The first-order chi connectivity index (χ1) is 20.1. The molecule has 0 radical (unpaired) electrons. The lowest BCUT2D eigenvalue weighted by molar-refractivity contribution is -0.137. The molecule has 3 aromatic rings. The molecule has 0 saturated heterocycles. The molecule has 1 aromatic carbocycles. The molecule has 0 unspecified atom stereocenters. The first kappa shape index (κ1) is 27.3. The highest BCUT2D eigenvalue weighted by atomic mass is 32.2. The second-order valence-electron chi connectivity index (χ2n) is 9.66. The van der Waals surface area contributed by atoms with Gasteiger partial charge in [-0.3, -0.25) is 9.71 Å². The lowest BCUT2D eigenvalue weighted by atomic mass is 9.98. The van der Waals surface area contributed by atoms with Gasteiger partial charge in [0.15, 0.2) is 5.82 Å². The fourth-order valence-electron chi connectivity index (χ4n) is 4.76. The summed E-state index contributed by atoms with van der Waals surface area (Å²) in [4.78, 5) is 21.5. The number of hydrogen-bond acceptors (Lipinski definition) is 8. The van der Waals surface area contributed by atoms with Crippen molar-refractivity contribution in [3.63, 3.8) is 0 Å². The zero-order valence-electron chi connectivity index (χ0n) is 22.1. The van der Waals surface area contributed by atoms with Crippen LogP contribution in [0.3, 0.4) is 0 Å². The topological polar surface area (TPSA) is 127 Å². The van der Waals surface area contributed by atoms with Crippen LogP contribution in [0.2, 0.25) is 0 Å². The fourth-order valence-corrected chi connectivity index (χ4v) is 5.87. The minimum Gasteiger partial charge on any atom is -0.369 e. The van der Waals surface area contributed by atoms with E-state index in [0.717, 1.165) is 46.4 Å². The van der Waals surface area contributed by atoms with E-state index in [4.69, 9.17) is 0 Å². The van der Waals surface area contributed by atoms with Crippen LogP contribution in [0.25, 0.3) is 22.5 Å². The summed E-state index contributed by atoms with van der Waals surface area (Å²) in [6.07, 6.45) is -0.334. The average Bonchev–Trinajstić information content (AvgIpc) is 3.44. The SMILES string of the molecule is Cc1ccc(NS(=O)(=O)Cc2cc(C(F)(F)F)ccn2)cc1-c1cc2cn/c(=N\c3ccccn3)nc-2n2c1NCC2. The standard InChI is InChI=1S/C28H23F3N8O2S/c1-17-5-6-20(38-42(40,41)16-21-13-19(7-9-32-21)28(29,30)31)14-22(17)23-12-18-15-35-27(36-24-4-2-3-8-33-24)37-25(18)39-11-10-34-26(23)39/h2-9,12-15,34,38H,10-11,16H2,1H3/b36-27+. The first-order valence-electron chi connectivity index (χ1n) is 12.8. The molecule has 0 bridgehead atoms. The van der Waals surface area contributed by atoms with Gasteiger partial charge >= 0.3 is 6.18 Å². The number of pyridine rings is 3. The van der Waals surface area contributed by atoms with Crippen molar-refractivity contribution in [3.05, 3.63) is 95.6 Å². The Bertz CT molecular complexity index is 1940. The number of alkyl halides is 3. The van der Waals surface area contributed by atoms with Crippen LogP contribution < -0.4 is 15.7 Å². The third-order valence-electron chi connectivity index (χ3n) is 6.64. The van der Waals surface area contributed by atoms with Gasteiger partial charge in [0.25, 0.3) is 5.62 Å². The Kier molecular flexibility index (Phi) is 6.85. The Labute approximate surface area is 238 Å². The zero-order valence-corrected chi connectivity index (χ0v) is 22.9. The molecule has 0 saturated carbocycles. The summed E-state index contributed by atoms with van der Waals surface area (Å²) in [5, 5.41) is 3.39. The van der Waals surface area contributed by atoms with Crippen LogP contribution in [0.4, 0.5) is 30.5 Å². The minimum atomic E-state index is -4.60. The molecule has 42 heavy (non-hydrogen) atoms. The van der Waals surface area contributed by atoms with Gasteiger partial charge in [-0.15, -0.1) is 0 Å². The van der Waals surface area contributed by atoms with E-state index in [2.05, 4.69) is 35.0 Å². The number of sulfonamides is 1. The highest BCUT2D eigenvalue weighted by Gasteiger charge is 2.31. The Morgan fingerprint density at radius 3 is 2.67 bits per heavy atom. The number of aromatic nitrogens is 5. The van der Waals surface area contributed by atoms with Gasteiger partial charge in [0.1, 0.15) is 17.4 Å². The molecular weight excluding hydrogens is 569 g/mol. The molecule has 0 atom stereocenters. The third kappa shape index (κ3) is 5.65. The lowest BCUT2D eigenvalue weighted by Crippen LogP contribution is -2.18. The van der Waals surface area contributed by atoms with Crippen molar-refractivity contribution in [1.29, 1.82) is 0 Å². The maximum atomic E-state index is 13.1. The maximum Gasteiger partial charge on any atom is 0.416 e. The van der Waals surface area contributed by atoms with Crippen molar-refractivity contribution in [3.8, 4) is 22.5 Å². The Morgan fingerprint density at radius 1 is 1.02 bits per heavy atom. The van der Waals surface area contributed by atoms with Gasteiger partial charge < -0.3 is 9.88 Å². The molecule has 2 aromatic heterocycles. The fraction of sp³-hybridized carbons (Fsp3) is 0.179. The monoisotopic (exact) mass is 592 g/mol. The molecule has 0 spiro atoms. The third-order valence-corrected chi connectivity index (χ3v) is 7.86. The number of nitrogens with one attached hydrogen (secondary N) is 2. The Balaban J connectivity index is 1.34. The summed E-state index contributed by atoms with van der Waals surface area (Å²) in [5.74, 6) is 1.27. The van der Waals surface area contributed by atoms with Crippen molar-refractivity contribution in [2.24, 2.45) is 4.99 Å². The van der Waals surface area contributed by atoms with Crippen LogP contribution in [-0.4, -0.2) is 39.5 Å². The van der Waals surface area contributed by atoms with Crippen LogP contribution in [0.15, 0.2) is 78.2 Å². The zero-order chi connectivity index (χ0) is 29.5. The number of nitrogens with zero attached hydrogens (tertiary/aromatic N) is 6. The summed E-state index contributed by atoms with van der Waals surface area (Å²) >= 11 is 0. The summed E-state index contributed by atoms with van der Waals surface area (Å²) in [6, 6.07) is 13.9. The van der Waals surface area contributed by atoms with E-state index in [1.807, 2.05) is 23.6 Å². The summed E-state index contributed by atoms with van der Waals surface area (Å²) in [7, 11) is -4.07. The van der Waals surface area contributed by atoms with Gasteiger partial charge in [-0.2, -0.15) is 23.1 Å². The molecule has 6 rings (SSSR count). The van der Waals surface area contributed by atoms with Gasteiger partial charge in [0.05, 0.1) is 11.3 Å². The minimum absolute atomic E-state index is 0.216. The molecule has 3 aliphatic rings. The van der Waals surface area contributed by atoms with Crippen molar-refractivity contribution < 1.29 is 21.6 Å². The van der Waals surface area contributed by atoms with E-state index < -0.39 is 27.5 Å². The summed E-state index contributed by atoms with van der Waals surface area (Å²) in [5.41, 5.74) is 2.59. The molecule has 214 valence electrons. The van der Waals surface area contributed by atoms with Gasteiger partial charge in [-0.25, -0.2) is 18.4 Å². The number of rotatable bonds is 6. The molecule has 0 fully saturated rings. The molecule has 2 N–H and O–H groups in total. The number of hydrogen-bond donors (Lipinski definition) is 2. The molecule has 10 nitrogen and oxygen atoms in total. The predicted molar refractivity (Wildman–Crippen MR) is 150 cm³/mol. The van der Waals surface area contributed by atoms with E-state index in [-0.39, 0.29) is 17.0 Å². The maximum absolute atomic E-state index is 13.1. The van der Waals surface area contributed by atoms with E-state index >= 15 is 0 Å². The van der Waals surface area contributed by atoms with E-state index in [1.165, 1.54) is 0 Å². The Hall–Kier alpha value is -4.85. The molecule has 0 amide bonds. The predicted octanol–water partition coefficient (Wildman–Crippen LogP) is 4.77. The van der Waals surface area contributed by atoms with Crippen molar-refractivity contribution in [1.82, 2.24) is 24.5 Å². The van der Waals surface area contributed by atoms with Gasteiger partial charge in [0.2, 0.25) is 10.0 Å². The smallest absolute Gasteiger partial charge is 0.369 e. The second kappa shape index (κ2) is 10.5. The van der Waals surface area contributed by atoms with Gasteiger partial charge in [-0.1, -0.05) is 12.1 Å². The first-order valence-corrected chi connectivity index (χ1v) is 14.4. The number of aryl methyl sites for hydroxylation is 1. The van der Waals surface area contributed by atoms with Gasteiger partial charge in [-0.05, 0) is 60.5 Å². The van der Waals surface area contributed by atoms with Crippen LogP contribution >= 0.6 is 0 Å². The van der Waals surface area contributed by atoms with Crippen LogP contribution in [0.5, 0.6) is 0 Å². The molecular formula is C28H23F3N8O2S. The lowest BCUT2D eigenvalue weighted by Gasteiger charge is -2.19. The number of anilines is 2. The molecule has 14 heteroatoms. The highest BCUT2D eigenvalue weighted by molar-refractivity contribution is 7.91. The van der Waals surface area contributed by atoms with Crippen LogP contribution in [0.1, 0.15) is 16.8 Å². The van der Waals surface area contributed by atoms with Crippen molar-refractivity contribution in [2.45, 2.75) is 25.4 Å². The molecule has 3 aliphatic heterocycles. The Morgan fingerprint density at radius 2 is 1.88 bits per heavy atom. The van der Waals surface area contributed by atoms with E-state index in [0.29, 0.717) is 24.7 Å². The van der Waals surface area contributed by atoms with Crippen molar-refractivity contribution >= 4 is 27.3 Å². The highest BCUT2D eigenvalue weighted by Crippen LogP contribution is 2.39. The summed E-state index contributed by atoms with van der Waals surface area (Å²) in [6.45, 7) is 3.22. The van der Waals surface area contributed by atoms with Crippen LogP contribution in [0, 0.1) is 6.92 Å². The van der Waals surface area contributed by atoms with Gasteiger partial charge in [0, 0.05) is 48.5 Å². The molecule has 0 aliphatic carbocycles. The van der Waals surface area contributed by atoms with E-state index in [9.17, 15) is 21.6 Å². The molecule has 5 heterocycles. The number of benzene rings is 1. The quantitative estimate of drug-likeness (QED) is 0.291. The average molecular weight is 593 g/mol. The van der Waals surface area contributed by atoms with Crippen LogP contribution in [-0.2, 0) is 28.5 Å². The summed E-state index contributed by atoms with van der Waals surface area (Å²) < 4.78 is 69.6. The van der Waals surface area contributed by atoms with Crippen molar-refractivity contribution in [2.75, 3.05) is 16.6 Å². The normalized spacial score (nSPS) is 13.7. The second-order valence-corrected chi connectivity index (χ2v) is 11.4. The largest absolute Gasteiger partial charge is 0.416 e.